The van der Waals surface area contributed by atoms with Crippen LogP contribution in [-0.2, 0) is 22.6 Å². The molecule has 2 heterocycles. The summed E-state index contributed by atoms with van der Waals surface area (Å²) >= 11 is 1.54. The van der Waals surface area contributed by atoms with E-state index in [1.54, 1.807) is 43.4 Å². The third-order valence-electron chi connectivity index (χ3n) is 5.56. The standard InChI is InChI=1S/C27H30N2O3S.C5H4O2/c1-4-31-27(30)20(3)14-19(2)15-23-18-33-26(29-23)25(28)16-21-10-12-24(13-11-21)32-17-22-8-6-5-7-9-22;6-4-5-2-1-3-7-5/h5-15,18,25H,4,16-17,28H2,1-3H3;1-4H/b19-15+,20-14-;. The van der Waals surface area contributed by atoms with Gasteiger partial charge in [0, 0.05) is 11.0 Å². The number of ether oxygens (including phenoxy) is 2. The lowest BCUT2D eigenvalue weighted by molar-refractivity contribution is -0.138. The molecule has 0 aliphatic carbocycles. The summed E-state index contributed by atoms with van der Waals surface area (Å²) in [6.45, 7) is 6.38. The maximum absolute atomic E-state index is 11.8. The van der Waals surface area contributed by atoms with Crippen LogP contribution in [0.15, 0.2) is 100 Å². The molecule has 8 heteroatoms. The van der Waals surface area contributed by atoms with Crippen LogP contribution in [0.3, 0.4) is 0 Å². The first kappa shape index (κ1) is 30.3. The van der Waals surface area contributed by atoms with Gasteiger partial charge in [-0.2, -0.15) is 0 Å². The van der Waals surface area contributed by atoms with Gasteiger partial charge in [0.2, 0.25) is 0 Å². The molecule has 0 amide bonds. The number of hydrogen-bond acceptors (Lipinski definition) is 8. The lowest BCUT2D eigenvalue weighted by atomic mass is 10.1. The zero-order chi connectivity index (χ0) is 28.7. The van der Waals surface area contributed by atoms with Crippen molar-refractivity contribution in [3.05, 3.63) is 123 Å². The molecule has 0 radical (unpaired) electrons. The van der Waals surface area contributed by atoms with Gasteiger partial charge in [-0.1, -0.05) is 42.5 Å². The van der Waals surface area contributed by atoms with Crippen LogP contribution in [0, 0.1) is 0 Å². The van der Waals surface area contributed by atoms with Gasteiger partial charge in [-0.3, -0.25) is 4.79 Å². The largest absolute Gasteiger partial charge is 0.489 e. The van der Waals surface area contributed by atoms with Crippen LogP contribution in [0.2, 0.25) is 0 Å². The van der Waals surface area contributed by atoms with Gasteiger partial charge in [0.05, 0.1) is 24.6 Å². The van der Waals surface area contributed by atoms with E-state index in [0.717, 1.165) is 33.2 Å². The Bertz CT molecular complexity index is 1390. The smallest absolute Gasteiger partial charge is 0.333 e. The number of aromatic nitrogens is 1. The van der Waals surface area contributed by atoms with Crippen LogP contribution in [0.4, 0.5) is 0 Å². The summed E-state index contributed by atoms with van der Waals surface area (Å²) in [6.07, 6.45) is 6.56. The van der Waals surface area contributed by atoms with E-state index in [4.69, 9.17) is 15.2 Å². The number of esters is 1. The van der Waals surface area contributed by atoms with E-state index in [2.05, 4.69) is 9.40 Å². The molecule has 4 rings (SSSR count). The van der Waals surface area contributed by atoms with Crippen molar-refractivity contribution in [3.8, 4) is 5.75 Å². The van der Waals surface area contributed by atoms with Gasteiger partial charge in [0.25, 0.3) is 0 Å². The fourth-order valence-corrected chi connectivity index (χ4v) is 4.40. The van der Waals surface area contributed by atoms with Gasteiger partial charge in [0.1, 0.15) is 17.4 Å². The summed E-state index contributed by atoms with van der Waals surface area (Å²) in [5.41, 5.74) is 11.0. The SMILES string of the molecule is CCOC(=O)/C(C)=C\C(C)=C\c1csc(C(N)Cc2ccc(OCc3ccccc3)cc2)n1.O=Cc1ccco1. The van der Waals surface area contributed by atoms with E-state index >= 15 is 0 Å². The predicted molar refractivity (Wildman–Crippen MR) is 158 cm³/mol. The van der Waals surface area contributed by atoms with Crippen LogP contribution in [0.1, 0.15) is 59.2 Å². The topological polar surface area (TPSA) is 105 Å². The molecule has 0 aliphatic rings. The normalized spacial score (nSPS) is 12.2. The second-order valence-corrected chi connectivity index (χ2v) is 9.80. The van der Waals surface area contributed by atoms with Crippen LogP contribution in [0.5, 0.6) is 5.75 Å². The van der Waals surface area contributed by atoms with Gasteiger partial charge >= 0.3 is 5.97 Å². The lowest BCUT2D eigenvalue weighted by Gasteiger charge is -2.10. The number of nitrogens with two attached hydrogens (primary N) is 1. The summed E-state index contributed by atoms with van der Waals surface area (Å²) in [4.78, 5) is 26.2. The summed E-state index contributed by atoms with van der Waals surface area (Å²) in [5, 5.41) is 2.86. The lowest BCUT2D eigenvalue weighted by Crippen LogP contribution is -2.13. The highest BCUT2D eigenvalue weighted by atomic mass is 32.1. The van der Waals surface area contributed by atoms with Crippen molar-refractivity contribution in [2.45, 2.75) is 39.8 Å². The second kappa shape index (κ2) is 16.0. The van der Waals surface area contributed by atoms with Crippen LogP contribution in [-0.4, -0.2) is 23.8 Å². The van der Waals surface area contributed by atoms with Crippen LogP contribution >= 0.6 is 11.3 Å². The van der Waals surface area contributed by atoms with Gasteiger partial charge in [-0.25, -0.2) is 9.78 Å². The number of furan rings is 1. The Morgan fingerprint density at radius 3 is 2.42 bits per heavy atom. The highest BCUT2D eigenvalue weighted by Crippen LogP contribution is 2.23. The number of rotatable bonds is 11. The van der Waals surface area contributed by atoms with E-state index in [0.29, 0.717) is 37.3 Å². The minimum absolute atomic E-state index is 0.189. The number of hydrogen-bond donors (Lipinski definition) is 1. The molecule has 0 fully saturated rings. The first-order valence-corrected chi connectivity index (χ1v) is 13.7. The molecule has 208 valence electrons. The first-order valence-electron chi connectivity index (χ1n) is 12.9. The van der Waals surface area contributed by atoms with Crippen molar-refractivity contribution < 1.29 is 23.5 Å². The van der Waals surface area contributed by atoms with Crippen molar-refractivity contribution in [1.82, 2.24) is 4.98 Å². The molecule has 2 aromatic carbocycles. The molecule has 2 aromatic heterocycles. The highest BCUT2D eigenvalue weighted by molar-refractivity contribution is 7.09. The minimum atomic E-state index is -0.303. The molecule has 0 saturated heterocycles. The molecular formula is C32H34N2O5S. The van der Waals surface area contributed by atoms with Crippen molar-refractivity contribution in [1.29, 1.82) is 0 Å². The number of carbonyl (C=O) groups excluding carboxylic acids is 2. The summed E-state index contributed by atoms with van der Waals surface area (Å²) < 4.78 is 15.5. The molecule has 7 nitrogen and oxygen atoms in total. The number of aldehydes is 1. The van der Waals surface area contributed by atoms with E-state index in [1.807, 2.05) is 73.0 Å². The monoisotopic (exact) mass is 558 g/mol. The molecule has 0 aliphatic heterocycles. The summed E-state index contributed by atoms with van der Waals surface area (Å²) in [7, 11) is 0. The Labute approximate surface area is 239 Å². The number of carbonyl (C=O) groups is 2. The van der Waals surface area contributed by atoms with Crippen molar-refractivity contribution >= 4 is 29.7 Å². The van der Waals surface area contributed by atoms with E-state index < -0.39 is 0 Å². The quantitative estimate of drug-likeness (QED) is 0.0917. The van der Waals surface area contributed by atoms with E-state index in [-0.39, 0.29) is 12.0 Å². The van der Waals surface area contributed by atoms with Crippen LogP contribution in [0.25, 0.3) is 6.08 Å². The molecule has 4 aromatic rings. The molecular weight excluding hydrogens is 524 g/mol. The van der Waals surface area contributed by atoms with Gasteiger partial charge in [-0.05, 0) is 80.3 Å². The molecule has 2 N–H and O–H groups in total. The zero-order valence-electron chi connectivity index (χ0n) is 22.9. The van der Waals surface area contributed by atoms with Crippen molar-refractivity contribution in [2.24, 2.45) is 5.73 Å². The fraction of sp³-hybridized carbons (Fsp3) is 0.219. The van der Waals surface area contributed by atoms with Crippen molar-refractivity contribution in [3.63, 3.8) is 0 Å². The minimum Gasteiger partial charge on any atom is -0.489 e. The Balaban J connectivity index is 0.000000547. The Morgan fingerprint density at radius 1 is 1.05 bits per heavy atom. The van der Waals surface area contributed by atoms with Crippen molar-refractivity contribution in [2.75, 3.05) is 6.61 Å². The zero-order valence-corrected chi connectivity index (χ0v) is 23.7. The second-order valence-electron chi connectivity index (χ2n) is 8.91. The average Bonchev–Trinajstić information content (AvgIpc) is 3.66. The fourth-order valence-electron chi connectivity index (χ4n) is 3.62. The Morgan fingerprint density at radius 2 is 1.80 bits per heavy atom. The Kier molecular flexibility index (Phi) is 12.1. The number of allylic oxidation sites excluding steroid dienone is 2. The predicted octanol–water partition coefficient (Wildman–Crippen LogP) is 6.97. The first-order chi connectivity index (χ1) is 19.4. The molecule has 0 bridgehead atoms. The highest BCUT2D eigenvalue weighted by Gasteiger charge is 2.12. The number of benzene rings is 2. The summed E-state index contributed by atoms with van der Waals surface area (Å²) in [6, 6.07) is 21.2. The molecule has 0 saturated carbocycles. The molecule has 40 heavy (non-hydrogen) atoms. The Hall–Kier alpha value is -4.27. The number of thiazole rings is 1. The van der Waals surface area contributed by atoms with Gasteiger partial charge in [-0.15, -0.1) is 11.3 Å². The summed E-state index contributed by atoms with van der Waals surface area (Å²) in [5.74, 6) is 0.905. The van der Waals surface area contributed by atoms with E-state index in [9.17, 15) is 9.59 Å². The maximum Gasteiger partial charge on any atom is 0.333 e. The van der Waals surface area contributed by atoms with Gasteiger partial charge < -0.3 is 19.6 Å². The maximum atomic E-state index is 11.8. The van der Waals surface area contributed by atoms with E-state index in [1.165, 1.54) is 6.26 Å². The molecule has 1 unspecified atom stereocenters. The average molecular weight is 559 g/mol. The third kappa shape index (κ3) is 10.1. The third-order valence-corrected chi connectivity index (χ3v) is 6.56. The number of nitrogens with zero attached hydrogens (tertiary/aromatic N) is 1. The van der Waals surface area contributed by atoms with Gasteiger partial charge in [0.15, 0.2) is 12.0 Å². The van der Waals surface area contributed by atoms with Crippen LogP contribution < -0.4 is 10.5 Å². The molecule has 1 atom stereocenters. The molecule has 0 spiro atoms.